The lowest BCUT2D eigenvalue weighted by molar-refractivity contribution is 0.252. The van der Waals surface area contributed by atoms with Crippen molar-refractivity contribution in [2.45, 2.75) is 25.7 Å². The Kier molecular flexibility index (Phi) is 3.62. The van der Waals surface area contributed by atoms with Crippen LogP contribution in [0.25, 0.3) is 0 Å². The van der Waals surface area contributed by atoms with E-state index in [0.717, 1.165) is 36.9 Å². The fourth-order valence-electron chi connectivity index (χ4n) is 2.39. The second-order valence-corrected chi connectivity index (χ2v) is 4.89. The summed E-state index contributed by atoms with van der Waals surface area (Å²) in [5.41, 5.74) is 3.48. The summed E-state index contributed by atoms with van der Waals surface area (Å²) in [6.07, 6.45) is 7.58. The van der Waals surface area contributed by atoms with Crippen LogP contribution in [0.5, 0.6) is 0 Å². The highest BCUT2D eigenvalue weighted by atomic mass is 16.2. The molecule has 0 unspecified atom stereocenters. The van der Waals surface area contributed by atoms with Crippen molar-refractivity contribution in [1.29, 1.82) is 0 Å². The van der Waals surface area contributed by atoms with Gasteiger partial charge < -0.3 is 5.32 Å². The lowest BCUT2D eigenvalue weighted by atomic mass is 10.2. The Morgan fingerprint density at radius 1 is 1.35 bits per heavy atom. The Morgan fingerprint density at radius 2 is 2.30 bits per heavy atom. The number of aromatic nitrogens is 3. The minimum Gasteiger partial charge on any atom is -0.337 e. The van der Waals surface area contributed by atoms with Crippen molar-refractivity contribution in [1.82, 2.24) is 20.5 Å². The highest BCUT2D eigenvalue weighted by molar-refractivity contribution is 5.88. The summed E-state index contributed by atoms with van der Waals surface area (Å²) in [5, 5.41) is 12.2. The number of carbonyl (C=O) groups is 1. The first kappa shape index (κ1) is 12.7. The topological polar surface area (TPSA) is 82.7 Å². The van der Waals surface area contributed by atoms with E-state index >= 15 is 0 Å². The molecule has 6 nitrogen and oxygen atoms in total. The lowest BCUT2D eigenvalue weighted by Crippen LogP contribution is -2.30. The number of pyridine rings is 1. The third-order valence-corrected chi connectivity index (χ3v) is 3.42. The summed E-state index contributed by atoms with van der Waals surface area (Å²) >= 11 is 0. The molecule has 2 aromatic rings. The summed E-state index contributed by atoms with van der Waals surface area (Å²) < 4.78 is 0. The Hall–Kier alpha value is -2.37. The van der Waals surface area contributed by atoms with Gasteiger partial charge in [0.05, 0.1) is 6.20 Å². The zero-order valence-electron chi connectivity index (χ0n) is 11.1. The molecule has 3 rings (SSSR count). The fraction of sp³-hybridized carbons (Fsp3) is 0.357. The molecule has 0 atom stereocenters. The molecule has 3 N–H and O–H groups in total. The Morgan fingerprint density at radius 3 is 3.15 bits per heavy atom. The van der Waals surface area contributed by atoms with E-state index in [4.69, 9.17) is 0 Å². The molecule has 0 aliphatic heterocycles. The van der Waals surface area contributed by atoms with Crippen LogP contribution in [0.2, 0.25) is 0 Å². The zero-order chi connectivity index (χ0) is 13.8. The van der Waals surface area contributed by atoms with Gasteiger partial charge in [-0.05, 0) is 42.9 Å². The van der Waals surface area contributed by atoms with Crippen LogP contribution in [0.15, 0.2) is 24.5 Å². The van der Waals surface area contributed by atoms with E-state index in [2.05, 4.69) is 31.9 Å². The first-order chi connectivity index (χ1) is 9.81. The first-order valence-electron chi connectivity index (χ1n) is 6.82. The fourth-order valence-corrected chi connectivity index (χ4v) is 2.39. The van der Waals surface area contributed by atoms with E-state index in [-0.39, 0.29) is 6.03 Å². The number of nitrogens with one attached hydrogen (secondary N) is 3. The average Bonchev–Trinajstić information content (AvgIpc) is 3.08. The second kappa shape index (κ2) is 5.73. The smallest absolute Gasteiger partial charge is 0.320 e. The van der Waals surface area contributed by atoms with Gasteiger partial charge in [-0.1, -0.05) is 6.07 Å². The molecule has 2 aromatic heterocycles. The van der Waals surface area contributed by atoms with Gasteiger partial charge in [0.15, 0.2) is 0 Å². The number of anilines is 1. The van der Waals surface area contributed by atoms with Crippen LogP contribution in [-0.4, -0.2) is 27.8 Å². The van der Waals surface area contributed by atoms with Gasteiger partial charge >= 0.3 is 6.03 Å². The molecule has 0 radical (unpaired) electrons. The van der Waals surface area contributed by atoms with Crippen LogP contribution in [0.1, 0.15) is 23.2 Å². The average molecular weight is 271 g/mol. The first-order valence-corrected chi connectivity index (χ1v) is 6.82. The van der Waals surface area contributed by atoms with Crippen molar-refractivity contribution < 1.29 is 4.79 Å². The van der Waals surface area contributed by atoms with Crippen LogP contribution in [0, 0.1) is 0 Å². The molecule has 20 heavy (non-hydrogen) atoms. The number of hydrogen-bond acceptors (Lipinski definition) is 3. The number of carbonyl (C=O) groups excluding carboxylic acids is 1. The number of aromatic amines is 1. The normalized spacial score (nSPS) is 13.0. The van der Waals surface area contributed by atoms with Gasteiger partial charge in [-0.2, -0.15) is 5.10 Å². The van der Waals surface area contributed by atoms with Crippen molar-refractivity contribution in [2.24, 2.45) is 0 Å². The highest BCUT2D eigenvalue weighted by Crippen LogP contribution is 2.21. The molecule has 0 aromatic carbocycles. The predicted octanol–water partition coefficient (Wildman–Crippen LogP) is 1.66. The van der Waals surface area contributed by atoms with Crippen LogP contribution < -0.4 is 10.6 Å². The molecular weight excluding hydrogens is 254 g/mol. The van der Waals surface area contributed by atoms with Crippen molar-refractivity contribution in [2.75, 3.05) is 11.9 Å². The maximum absolute atomic E-state index is 11.8. The molecule has 2 heterocycles. The van der Waals surface area contributed by atoms with Crippen LogP contribution in [-0.2, 0) is 19.3 Å². The minimum absolute atomic E-state index is 0.223. The van der Waals surface area contributed by atoms with Gasteiger partial charge in [0, 0.05) is 18.4 Å². The summed E-state index contributed by atoms with van der Waals surface area (Å²) in [4.78, 5) is 16.2. The van der Waals surface area contributed by atoms with Crippen LogP contribution >= 0.6 is 0 Å². The number of amides is 2. The molecule has 1 aliphatic carbocycles. The molecule has 0 bridgehead atoms. The molecule has 0 spiro atoms. The van der Waals surface area contributed by atoms with Gasteiger partial charge in [-0.3, -0.25) is 10.4 Å². The second-order valence-electron chi connectivity index (χ2n) is 4.89. The monoisotopic (exact) mass is 271 g/mol. The maximum atomic E-state index is 11.8. The van der Waals surface area contributed by atoms with E-state index in [0.29, 0.717) is 12.4 Å². The lowest BCUT2D eigenvalue weighted by Gasteiger charge is -2.07. The Labute approximate surface area is 117 Å². The molecular formula is C14H17N5O. The predicted molar refractivity (Wildman–Crippen MR) is 75.6 cm³/mol. The maximum Gasteiger partial charge on any atom is 0.320 e. The third kappa shape index (κ3) is 2.96. The van der Waals surface area contributed by atoms with Crippen LogP contribution in [0.3, 0.4) is 0 Å². The zero-order valence-corrected chi connectivity index (χ0v) is 11.1. The molecule has 104 valence electrons. The van der Waals surface area contributed by atoms with Gasteiger partial charge in [0.1, 0.15) is 5.82 Å². The number of nitrogens with zero attached hydrogens (tertiary/aromatic N) is 2. The molecule has 0 saturated carbocycles. The van der Waals surface area contributed by atoms with E-state index in [1.165, 1.54) is 5.56 Å². The molecule has 6 heteroatoms. The Balaban J connectivity index is 1.49. The molecule has 0 fully saturated rings. The summed E-state index contributed by atoms with van der Waals surface area (Å²) in [5.74, 6) is 0.617. The number of fused-ring (bicyclic) bond motifs is 1. The number of hydrogen-bond donors (Lipinski definition) is 3. The summed E-state index contributed by atoms with van der Waals surface area (Å²) in [6, 6.07) is 3.69. The van der Waals surface area contributed by atoms with Crippen molar-refractivity contribution in [3.05, 3.63) is 41.3 Å². The van der Waals surface area contributed by atoms with Gasteiger partial charge in [-0.15, -0.1) is 0 Å². The summed E-state index contributed by atoms with van der Waals surface area (Å²) in [6.45, 7) is 0.566. The largest absolute Gasteiger partial charge is 0.337 e. The van der Waals surface area contributed by atoms with E-state index in [1.807, 2.05) is 12.3 Å². The van der Waals surface area contributed by atoms with Crippen molar-refractivity contribution in [3.8, 4) is 0 Å². The number of H-pyrrole nitrogens is 1. The third-order valence-electron chi connectivity index (χ3n) is 3.42. The number of aryl methyl sites for hydroxylation is 2. The highest BCUT2D eigenvalue weighted by Gasteiger charge is 2.13. The van der Waals surface area contributed by atoms with E-state index < -0.39 is 0 Å². The molecule has 1 aliphatic rings. The van der Waals surface area contributed by atoms with Gasteiger partial charge in [0.2, 0.25) is 0 Å². The van der Waals surface area contributed by atoms with Gasteiger partial charge in [0.25, 0.3) is 0 Å². The SMILES string of the molecule is O=C(NCCc1cn[nH]c1)Nc1ccc2c(n1)CCC2. The summed E-state index contributed by atoms with van der Waals surface area (Å²) in [7, 11) is 0. The van der Waals surface area contributed by atoms with Crippen molar-refractivity contribution in [3.63, 3.8) is 0 Å². The Bertz CT molecular complexity index is 594. The standard InChI is InChI=1S/C14H17N5O/c20-14(15-7-6-10-8-16-17-9-10)19-13-5-4-11-2-1-3-12(11)18-13/h4-5,8-9H,1-3,6-7H2,(H,16,17)(H2,15,18,19,20). The van der Waals surface area contributed by atoms with Crippen LogP contribution in [0.4, 0.5) is 10.6 Å². The van der Waals surface area contributed by atoms with E-state index in [9.17, 15) is 4.79 Å². The molecule has 2 amide bonds. The molecule has 0 saturated heterocycles. The number of rotatable bonds is 4. The number of urea groups is 1. The quantitative estimate of drug-likeness (QED) is 0.790. The van der Waals surface area contributed by atoms with Crippen molar-refractivity contribution >= 4 is 11.8 Å². The van der Waals surface area contributed by atoms with E-state index in [1.54, 1.807) is 6.20 Å². The minimum atomic E-state index is -0.223. The van der Waals surface area contributed by atoms with Gasteiger partial charge in [-0.25, -0.2) is 9.78 Å².